The van der Waals surface area contributed by atoms with Crippen LogP contribution in [0.15, 0.2) is 53.9 Å². The molecule has 0 radical (unpaired) electrons. The molecule has 4 nitrogen and oxygen atoms in total. The first-order chi connectivity index (χ1) is 13.0. The quantitative estimate of drug-likeness (QED) is 0.620. The zero-order valence-corrected chi connectivity index (χ0v) is 16.9. The van der Waals surface area contributed by atoms with Crippen molar-refractivity contribution in [3.63, 3.8) is 0 Å². The molecule has 3 N–H and O–H groups in total. The molecule has 0 saturated heterocycles. The summed E-state index contributed by atoms with van der Waals surface area (Å²) >= 11 is 1.54. The Balaban J connectivity index is 1.83. The SMILES string of the molecule is COc1ccc(CC(c2ccc(OCC(C)C)cc2)c2csc(N)[nH+]2)cc1. The van der Waals surface area contributed by atoms with Crippen LogP contribution in [0.2, 0.25) is 0 Å². The van der Waals surface area contributed by atoms with Gasteiger partial charge < -0.3 is 9.47 Å². The Hall–Kier alpha value is -2.53. The van der Waals surface area contributed by atoms with E-state index in [0.717, 1.165) is 35.4 Å². The number of benzene rings is 2. The highest BCUT2D eigenvalue weighted by Gasteiger charge is 2.20. The van der Waals surface area contributed by atoms with Gasteiger partial charge in [-0.15, -0.1) is 0 Å². The second-order valence-corrected chi connectivity index (χ2v) is 7.97. The molecule has 3 aromatic rings. The molecule has 1 atom stereocenters. The number of nitrogen functional groups attached to an aromatic ring is 1. The maximum atomic E-state index is 5.94. The smallest absolute Gasteiger partial charge is 0.329 e. The van der Waals surface area contributed by atoms with Crippen LogP contribution < -0.4 is 20.2 Å². The number of aromatic nitrogens is 1. The van der Waals surface area contributed by atoms with Gasteiger partial charge in [0, 0.05) is 5.38 Å². The number of H-pyrrole nitrogens is 1. The Morgan fingerprint density at radius 1 is 1.00 bits per heavy atom. The largest absolute Gasteiger partial charge is 0.497 e. The average molecular weight is 384 g/mol. The Kier molecular flexibility index (Phi) is 6.35. The van der Waals surface area contributed by atoms with E-state index in [1.165, 1.54) is 22.5 Å². The van der Waals surface area contributed by atoms with Crippen molar-refractivity contribution >= 4 is 16.5 Å². The molecule has 3 rings (SSSR count). The number of hydrogen-bond donors (Lipinski definition) is 1. The standard InChI is InChI=1S/C22H26N2O2S/c1-15(2)13-26-19-10-6-17(7-11-19)20(21-14-27-22(23)24-21)12-16-4-8-18(25-3)9-5-16/h4-11,14-15,20H,12-13H2,1-3H3,(H2,23,24)/p+1. The molecule has 0 bridgehead atoms. The van der Waals surface area contributed by atoms with Crippen molar-refractivity contribution in [2.45, 2.75) is 26.2 Å². The number of aromatic amines is 1. The van der Waals surface area contributed by atoms with Gasteiger partial charge in [0.25, 0.3) is 0 Å². The molecule has 142 valence electrons. The molecular weight excluding hydrogens is 356 g/mol. The minimum absolute atomic E-state index is 0.200. The summed E-state index contributed by atoms with van der Waals surface area (Å²) in [5, 5.41) is 2.83. The summed E-state index contributed by atoms with van der Waals surface area (Å²) in [6.45, 7) is 5.02. The van der Waals surface area contributed by atoms with Crippen LogP contribution in [0.1, 0.15) is 36.6 Å². The fourth-order valence-corrected chi connectivity index (χ4v) is 3.62. The van der Waals surface area contributed by atoms with E-state index in [0.29, 0.717) is 5.92 Å². The Morgan fingerprint density at radius 3 is 2.22 bits per heavy atom. The van der Waals surface area contributed by atoms with Crippen LogP contribution in [0.5, 0.6) is 11.5 Å². The van der Waals surface area contributed by atoms with Gasteiger partial charge in [0.2, 0.25) is 0 Å². The number of anilines is 1. The fourth-order valence-electron chi connectivity index (χ4n) is 2.96. The van der Waals surface area contributed by atoms with Crippen molar-refractivity contribution in [3.8, 4) is 11.5 Å². The molecule has 1 aromatic heterocycles. The van der Waals surface area contributed by atoms with Crippen molar-refractivity contribution in [1.29, 1.82) is 0 Å². The normalized spacial score (nSPS) is 12.1. The zero-order valence-electron chi connectivity index (χ0n) is 16.1. The van der Waals surface area contributed by atoms with E-state index >= 15 is 0 Å². The van der Waals surface area contributed by atoms with Crippen LogP contribution in [0, 0.1) is 5.92 Å². The summed E-state index contributed by atoms with van der Waals surface area (Å²) < 4.78 is 11.1. The highest BCUT2D eigenvalue weighted by atomic mass is 32.1. The third kappa shape index (κ3) is 5.23. The Morgan fingerprint density at radius 2 is 1.67 bits per heavy atom. The number of nitrogens with two attached hydrogens (primary N) is 1. The molecule has 0 aliphatic heterocycles. The Labute approximate surface area is 165 Å². The molecule has 2 aromatic carbocycles. The van der Waals surface area contributed by atoms with Crippen molar-refractivity contribution in [1.82, 2.24) is 0 Å². The van der Waals surface area contributed by atoms with Crippen molar-refractivity contribution in [3.05, 3.63) is 70.7 Å². The molecule has 1 unspecified atom stereocenters. The summed E-state index contributed by atoms with van der Waals surface area (Å²) in [4.78, 5) is 3.31. The van der Waals surface area contributed by atoms with Gasteiger partial charge in [0.1, 0.15) is 17.2 Å². The Bertz CT molecular complexity index is 842. The summed E-state index contributed by atoms with van der Waals surface area (Å²) in [6.07, 6.45) is 0.878. The van der Waals surface area contributed by atoms with Gasteiger partial charge >= 0.3 is 5.13 Å². The maximum absolute atomic E-state index is 5.94. The number of hydrogen-bond acceptors (Lipinski definition) is 4. The minimum Gasteiger partial charge on any atom is -0.497 e. The molecule has 1 heterocycles. The highest BCUT2D eigenvalue weighted by Crippen LogP contribution is 2.30. The van der Waals surface area contributed by atoms with E-state index in [1.807, 2.05) is 12.1 Å². The maximum Gasteiger partial charge on any atom is 0.329 e. The molecule has 0 aliphatic carbocycles. The molecule has 0 fully saturated rings. The van der Waals surface area contributed by atoms with Gasteiger partial charge in [-0.3, -0.25) is 5.73 Å². The molecule has 5 heteroatoms. The van der Waals surface area contributed by atoms with E-state index < -0.39 is 0 Å². The highest BCUT2D eigenvalue weighted by molar-refractivity contribution is 7.13. The van der Waals surface area contributed by atoms with E-state index in [2.05, 4.69) is 60.6 Å². The molecule has 27 heavy (non-hydrogen) atoms. The first-order valence-electron chi connectivity index (χ1n) is 9.17. The summed E-state index contributed by atoms with van der Waals surface area (Å²) in [7, 11) is 1.68. The van der Waals surface area contributed by atoms with Crippen LogP contribution in [-0.4, -0.2) is 13.7 Å². The first-order valence-corrected chi connectivity index (χ1v) is 10.0. The summed E-state index contributed by atoms with van der Waals surface area (Å²) in [5.41, 5.74) is 9.56. The van der Waals surface area contributed by atoms with Gasteiger partial charge in [0.15, 0.2) is 0 Å². The van der Waals surface area contributed by atoms with Crippen LogP contribution in [0.4, 0.5) is 5.13 Å². The predicted molar refractivity (Wildman–Crippen MR) is 111 cm³/mol. The lowest BCUT2D eigenvalue weighted by Crippen LogP contribution is -2.17. The number of nitrogens with one attached hydrogen (secondary N) is 1. The first kappa shape index (κ1) is 19.2. The van der Waals surface area contributed by atoms with Gasteiger partial charge in [-0.2, -0.15) is 0 Å². The second kappa shape index (κ2) is 8.91. The monoisotopic (exact) mass is 383 g/mol. The van der Waals surface area contributed by atoms with Gasteiger partial charge in [-0.25, -0.2) is 4.98 Å². The van der Waals surface area contributed by atoms with Crippen LogP contribution in [-0.2, 0) is 6.42 Å². The average Bonchev–Trinajstić information content (AvgIpc) is 3.11. The van der Waals surface area contributed by atoms with Crippen LogP contribution >= 0.6 is 11.3 Å². The van der Waals surface area contributed by atoms with Crippen molar-refractivity contribution < 1.29 is 14.5 Å². The predicted octanol–water partition coefficient (Wildman–Crippen LogP) is 4.56. The second-order valence-electron chi connectivity index (χ2n) is 7.06. The van der Waals surface area contributed by atoms with Crippen LogP contribution in [0.25, 0.3) is 0 Å². The van der Waals surface area contributed by atoms with Crippen molar-refractivity contribution in [2.75, 3.05) is 19.5 Å². The molecule has 0 saturated carbocycles. The molecular formula is C22H27N2O2S+. The van der Waals surface area contributed by atoms with Crippen LogP contribution in [0.3, 0.4) is 0 Å². The topological polar surface area (TPSA) is 58.6 Å². The third-order valence-electron chi connectivity index (χ3n) is 4.42. The van der Waals surface area contributed by atoms with E-state index in [1.54, 1.807) is 7.11 Å². The lowest BCUT2D eigenvalue weighted by Gasteiger charge is -2.16. The lowest BCUT2D eigenvalue weighted by atomic mass is 9.89. The number of ether oxygens (including phenoxy) is 2. The molecule has 0 aliphatic rings. The fraction of sp³-hybridized carbons (Fsp3) is 0.318. The third-order valence-corrected chi connectivity index (χ3v) is 5.15. The van der Waals surface area contributed by atoms with Gasteiger partial charge in [-0.1, -0.05) is 49.4 Å². The summed E-state index contributed by atoms with van der Waals surface area (Å²) in [5.74, 6) is 2.49. The molecule has 0 spiro atoms. The minimum atomic E-state index is 0.200. The van der Waals surface area contributed by atoms with E-state index in [-0.39, 0.29) is 5.92 Å². The van der Waals surface area contributed by atoms with Gasteiger partial charge in [0.05, 0.1) is 19.6 Å². The van der Waals surface area contributed by atoms with E-state index in [4.69, 9.17) is 15.2 Å². The number of thiazole rings is 1. The lowest BCUT2D eigenvalue weighted by molar-refractivity contribution is -0.368. The van der Waals surface area contributed by atoms with E-state index in [9.17, 15) is 0 Å². The van der Waals surface area contributed by atoms with Crippen molar-refractivity contribution in [2.24, 2.45) is 5.92 Å². The van der Waals surface area contributed by atoms with Gasteiger partial charge in [-0.05, 0) is 47.7 Å². The summed E-state index contributed by atoms with van der Waals surface area (Å²) in [6, 6.07) is 16.6. The number of rotatable bonds is 8. The molecule has 0 amide bonds. The zero-order chi connectivity index (χ0) is 19.2. The number of methoxy groups -OCH3 is 1.